The van der Waals surface area contributed by atoms with Crippen LogP contribution >= 0.6 is 0 Å². The summed E-state index contributed by atoms with van der Waals surface area (Å²) in [5.41, 5.74) is 1.22. The fraction of sp³-hybridized carbons (Fsp3) is 0.300. The van der Waals surface area contributed by atoms with Crippen LogP contribution in [-0.2, 0) is 25.8 Å². The zero-order valence-electron chi connectivity index (χ0n) is 15.9. The normalized spacial score (nSPS) is 14.4. The molecule has 1 aliphatic rings. The van der Waals surface area contributed by atoms with Crippen molar-refractivity contribution in [1.29, 1.82) is 0 Å². The third kappa shape index (κ3) is 4.29. The number of sulfone groups is 1. The number of rotatable bonds is 5. The minimum Gasteiger partial charge on any atom is -0.324 e. The van der Waals surface area contributed by atoms with Crippen LogP contribution in [0.4, 0.5) is 20.2 Å². The molecule has 0 aliphatic carbocycles. The molecule has 0 radical (unpaired) electrons. The maximum Gasteiger partial charge on any atom is 0.225 e. The Morgan fingerprint density at radius 1 is 1.17 bits per heavy atom. The molecule has 6 nitrogen and oxygen atoms in total. The molecule has 2 amide bonds. The van der Waals surface area contributed by atoms with Gasteiger partial charge in [-0.05, 0) is 49.2 Å². The van der Waals surface area contributed by atoms with E-state index < -0.39 is 39.0 Å². The molecule has 3 rings (SSSR count). The number of hydrogen-bond acceptors (Lipinski definition) is 4. The van der Waals surface area contributed by atoms with Crippen LogP contribution in [0.2, 0.25) is 0 Å². The van der Waals surface area contributed by atoms with E-state index in [4.69, 9.17) is 0 Å². The van der Waals surface area contributed by atoms with E-state index in [0.717, 1.165) is 17.7 Å². The largest absolute Gasteiger partial charge is 0.324 e. The summed E-state index contributed by atoms with van der Waals surface area (Å²) in [5.74, 6) is -2.54. The van der Waals surface area contributed by atoms with Crippen LogP contribution in [0.15, 0.2) is 41.3 Å². The van der Waals surface area contributed by atoms with Gasteiger partial charge >= 0.3 is 0 Å². The zero-order valence-corrected chi connectivity index (χ0v) is 16.7. The van der Waals surface area contributed by atoms with Crippen molar-refractivity contribution in [3.63, 3.8) is 0 Å². The summed E-state index contributed by atoms with van der Waals surface area (Å²) in [5, 5.41) is 1.20. The number of nitrogens with one attached hydrogen (secondary N) is 1. The van der Waals surface area contributed by atoms with Gasteiger partial charge in [0.15, 0.2) is 9.84 Å². The summed E-state index contributed by atoms with van der Waals surface area (Å²) >= 11 is 0. The Morgan fingerprint density at radius 3 is 2.55 bits per heavy atom. The SMILES string of the molecule is CC(=O)N1CCc2cc(S(=O)(=O)C(C)CC(=O)Nc3ccc(F)cc3F)ccc21. The average molecular weight is 422 g/mol. The lowest BCUT2D eigenvalue weighted by Gasteiger charge is -2.16. The van der Waals surface area contributed by atoms with Crippen molar-refractivity contribution in [3.8, 4) is 0 Å². The smallest absolute Gasteiger partial charge is 0.225 e. The Hall–Kier alpha value is -2.81. The van der Waals surface area contributed by atoms with Gasteiger partial charge in [0.05, 0.1) is 15.8 Å². The topological polar surface area (TPSA) is 83.6 Å². The lowest BCUT2D eigenvalue weighted by Crippen LogP contribution is -2.26. The van der Waals surface area contributed by atoms with Crippen LogP contribution in [0.25, 0.3) is 0 Å². The molecule has 9 heteroatoms. The lowest BCUT2D eigenvalue weighted by atomic mass is 10.2. The molecule has 29 heavy (non-hydrogen) atoms. The summed E-state index contributed by atoms with van der Waals surface area (Å²) in [6.45, 7) is 3.34. The van der Waals surface area contributed by atoms with Crippen molar-refractivity contribution in [2.45, 2.75) is 36.8 Å². The maximum absolute atomic E-state index is 13.7. The van der Waals surface area contributed by atoms with Crippen molar-refractivity contribution in [1.82, 2.24) is 0 Å². The first-order chi connectivity index (χ1) is 13.6. The van der Waals surface area contributed by atoms with Crippen LogP contribution in [0, 0.1) is 11.6 Å². The second kappa shape index (κ2) is 7.90. The third-order valence-corrected chi connectivity index (χ3v) is 7.00. The highest BCUT2D eigenvalue weighted by molar-refractivity contribution is 7.92. The predicted molar refractivity (Wildman–Crippen MR) is 104 cm³/mol. The Bertz CT molecular complexity index is 1090. The van der Waals surface area contributed by atoms with Gasteiger partial charge in [-0.2, -0.15) is 0 Å². The highest BCUT2D eigenvalue weighted by Gasteiger charge is 2.29. The van der Waals surface area contributed by atoms with E-state index in [0.29, 0.717) is 24.7 Å². The van der Waals surface area contributed by atoms with Gasteiger partial charge in [0.25, 0.3) is 0 Å². The van der Waals surface area contributed by atoms with Crippen LogP contribution in [-0.4, -0.2) is 32.0 Å². The Balaban J connectivity index is 1.74. The first kappa shape index (κ1) is 20.9. The van der Waals surface area contributed by atoms with Crippen LogP contribution in [0.5, 0.6) is 0 Å². The molecule has 2 aromatic rings. The van der Waals surface area contributed by atoms with Gasteiger partial charge in [0.1, 0.15) is 11.6 Å². The van der Waals surface area contributed by atoms with Crippen LogP contribution in [0.1, 0.15) is 25.8 Å². The zero-order chi connectivity index (χ0) is 21.3. The van der Waals surface area contributed by atoms with Gasteiger partial charge in [0.2, 0.25) is 11.8 Å². The van der Waals surface area contributed by atoms with Gasteiger partial charge in [0, 0.05) is 31.6 Å². The van der Waals surface area contributed by atoms with Gasteiger partial charge in [-0.15, -0.1) is 0 Å². The molecule has 0 spiro atoms. The minimum atomic E-state index is -3.82. The summed E-state index contributed by atoms with van der Waals surface area (Å²) in [7, 11) is -3.82. The first-order valence-electron chi connectivity index (χ1n) is 8.99. The average Bonchev–Trinajstić information content (AvgIpc) is 3.07. The maximum atomic E-state index is 13.7. The molecular formula is C20H20F2N2O4S. The fourth-order valence-corrected chi connectivity index (χ4v) is 4.68. The van der Waals surface area contributed by atoms with Gasteiger partial charge in [-0.3, -0.25) is 9.59 Å². The van der Waals surface area contributed by atoms with E-state index in [9.17, 15) is 26.8 Å². The number of benzene rings is 2. The Kier molecular flexibility index (Phi) is 5.70. The quantitative estimate of drug-likeness (QED) is 0.803. The van der Waals surface area contributed by atoms with Crippen molar-refractivity contribution < 1.29 is 26.8 Å². The molecule has 1 heterocycles. The van der Waals surface area contributed by atoms with E-state index >= 15 is 0 Å². The van der Waals surface area contributed by atoms with E-state index in [1.807, 2.05) is 0 Å². The van der Waals surface area contributed by atoms with Crippen LogP contribution < -0.4 is 10.2 Å². The number of anilines is 2. The highest BCUT2D eigenvalue weighted by Crippen LogP contribution is 2.31. The predicted octanol–water partition coefficient (Wildman–Crippen LogP) is 3.06. The number of halogens is 2. The number of fused-ring (bicyclic) bond motifs is 1. The molecule has 0 saturated carbocycles. The molecule has 1 N–H and O–H groups in total. The summed E-state index contributed by atoms with van der Waals surface area (Å²) in [4.78, 5) is 25.4. The van der Waals surface area contributed by atoms with Gasteiger partial charge in [-0.1, -0.05) is 0 Å². The molecule has 0 fully saturated rings. The summed E-state index contributed by atoms with van der Waals surface area (Å²) in [6, 6.07) is 7.24. The lowest BCUT2D eigenvalue weighted by molar-refractivity contribution is -0.117. The first-order valence-corrected chi connectivity index (χ1v) is 10.5. The fourth-order valence-electron chi connectivity index (χ4n) is 3.28. The molecule has 1 aliphatic heterocycles. The summed E-state index contributed by atoms with van der Waals surface area (Å²) in [6.07, 6.45) is 0.160. The number of carbonyl (C=O) groups excluding carboxylic acids is 2. The van der Waals surface area contributed by atoms with E-state index in [1.165, 1.54) is 26.0 Å². The minimum absolute atomic E-state index is 0.0647. The third-order valence-electron chi connectivity index (χ3n) is 4.86. The molecule has 0 aromatic heterocycles. The van der Waals surface area contributed by atoms with E-state index in [1.54, 1.807) is 11.0 Å². The van der Waals surface area contributed by atoms with Crippen LogP contribution in [0.3, 0.4) is 0 Å². The Labute approximate surface area is 167 Å². The molecule has 1 unspecified atom stereocenters. The number of amides is 2. The molecular weight excluding hydrogens is 402 g/mol. The van der Waals surface area contributed by atoms with Gasteiger partial charge < -0.3 is 10.2 Å². The van der Waals surface area contributed by atoms with E-state index in [-0.39, 0.29) is 16.5 Å². The highest BCUT2D eigenvalue weighted by atomic mass is 32.2. The molecule has 154 valence electrons. The second-order valence-corrected chi connectivity index (χ2v) is 9.31. The van der Waals surface area contributed by atoms with E-state index in [2.05, 4.69) is 5.32 Å². The number of nitrogens with zero attached hydrogens (tertiary/aromatic N) is 1. The van der Waals surface area contributed by atoms with Crippen molar-refractivity contribution in [2.75, 3.05) is 16.8 Å². The molecule has 0 bridgehead atoms. The molecule has 0 saturated heterocycles. The van der Waals surface area contributed by atoms with Crippen molar-refractivity contribution in [3.05, 3.63) is 53.6 Å². The monoisotopic (exact) mass is 422 g/mol. The number of carbonyl (C=O) groups is 2. The second-order valence-electron chi connectivity index (χ2n) is 6.94. The molecule has 2 aromatic carbocycles. The number of hydrogen-bond donors (Lipinski definition) is 1. The molecule has 1 atom stereocenters. The van der Waals surface area contributed by atoms with Crippen molar-refractivity contribution >= 4 is 33.0 Å². The standard InChI is InChI=1S/C20H20F2N2O4S/c1-12(9-20(26)23-18-5-3-15(21)11-17(18)22)29(27,28)16-4-6-19-14(10-16)7-8-24(19)13(2)25/h3-6,10-12H,7-9H2,1-2H3,(H,23,26). The van der Waals surface area contributed by atoms with Crippen molar-refractivity contribution in [2.24, 2.45) is 0 Å². The van der Waals surface area contributed by atoms with Gasteiger partial charge in [-0.25, -0.2) is 17.2 Å². The summed E-state index contributed by atoms with van der Waals surface area (Å²) < 4.78 is 52.3. The Morgan fingerprint density at radius 2 is 1.90 bits per heavy atom.